The van der Waals surface area contributed by atoms with Gasteiger partial charge in [0.25, 0.3) is 0 Å². The van der Waals surface area contributed by atoms with Crippen molar-refractivity contribution >= 4 is 40.4 Å². The van der Waals surface area contributed by atoms with Crippen LogP contribution in [0.4, 0.5) is 0 Å². The lowest BCUT2D eigenvalue weighted by Crippen LogP contribution is -2.40. The molecule has 0 spiro atoms. The number of rotatable bonds is 5. The molecule has 27 heavy (non-hydrogen) atoms. The van der Waals surface area contributed by atoms with Crippen molar-refractivity contribution in [1.29, 1.82) is 0 Å². The van der Waals surface area contributed by atoms with E-state index in [-0.39, 0.29) is 17.1 Å². The monoisotopic (exact) mass is 406 g/mol. The van der Waals surface area contributed by atoms with E-state index in [9.17, 15) is 9.59 Å². The van der Waals surface area contributed by atoms with Gasteiger partial charge in [-0.3, -0.25) is 9.69 Å². The summed E-state index contributed by atoms with van der Waals surface area (Å²) >= 11 is 7.49. The summed E-state index contributed by atoms with van der Waals surface area (Å²) in [6.45, 7) is 8.05. The first kappa shape index (κ1) is 20.0. The zero-order chi connectivity index (χ0) is 19.7. The molecule has 1 aromatic carbocycles. The van der Waals surface area contributed by atoms with Gasteiger partial charge in [0.1, 0.15) is 0 Å². The van der Waals surface area contributed by atoms with E-state index in [1.54, 1.807) is 24.0 Å². The summed E-state index contributed by atoms with van der Waals surface area (Å²) in [4.78, 5) is 32.1. The number of halogens is 1. The summed E-state index contributed by atoms with van der Waals surface area (Å²) in [5, 5.41) is 1.06. The van der Waals surface area contributed by atoms with Crippen molar-refractivity contribution in [2.45, 2.75) is 45.4 Å². The van der Waals surface area contributed by atoms with E-state index >= 15 is 0 Å². The Morgan fingerprint density at radius 2 is 2.00 bits per heavy atom. The molecule has 2 aliphatic rings. The van der Waals surface area contributed by atoms with E-state index in [4.69, 9.17) is 16.3 Å². The van der Waals surface area contributed by atoms with E-state index in [0.29, 0.717) is 34.5 Å². The Hall–Kier alpha value is -1.79. The fourth-order valence-corrected chi connectivity index (χ4v) is 4.39. The van der Waals surface area contributed by atoms with Gasteiger partial charge in [-0.2, -0.15) is 0 Å². The quantitative estimate of drug-likeness (QED) is 0.671. The Morgan fingerprint density at radius 1 is 1.33 bits per heavy atom. The van der Waals surface area contributed by atoms with Gasteiger partial charge in [0.2, 0.25) is 5.91 Å². The molecule has 7 heteroatoms. The van der Waals surface area contributed by atoms with Crippen molar-refractivity contribution in [2.75, 3.05) is 6.61 Å². The fourth-order valence-electron chi connectivity index (χ4n) is 3.13. The third-order valence-corrected chi connectivity index (χ3v) is 6.05. The van der Waals surface area contributed by atoms with Crippen molar-refractivity contribution in [2.24, 2.45) is 10.9 Å². The molecule has 5 nitrogen and oxygen atoms in total. The van der Waals surface area contributed by atoms with Crippen LogP contribution in [-0.2, 0) is 14.3 Å². The summed E-state index contributed by atoms with van der Waals surface area (Å²) in [5.41, 5.74) is 1.81. The van der Waals surface area contributed by atoms with Gasteiger partial charge < -0.3 is 4.74 Å². The van der Waals surface area contributed by atoms with Gasteiger partial charge >= 0.3 is 5.97 Å². The molecular formula is C20H23ClN2O3S. The summed E-state index contributed by atoms with van der Waals surface area (Å²) in [5.74, 6) is -0.232. The third-order valence-electron chi connectivity index (χ3n) is 4.48. The van der Waals surface area contributed by atoms with Gasteiger partial charge in [0.15, 0.2) is 5.17 Å². The van der Waals surface area contributed by atoms with E-state index in [0.717, 1.165) is 5.56 Å². The Kier molecular flexibility index (Phi) is 5.96. The number of hydrogen-bond donors (Lipinski definition) is 0. The van der Waals surface area contributed by atoms with Crippen LogP contribution in [0.5, 0.6) is 0 Å². The second kappa shape index (κ2) is 8.07. The summed E-state index contributed by atoms with van der Waals surface area (Å²) in [7, 11) is 0. The molecule has 0 N–H and O–H groups in total. The maximum Gasteiger partial charge on any atom is 0.338 e. The molecular weight excluding hydrogens is 384 g/mol. The molecule has 0 unspecified atom stereocenters. The highest BCUT2D eigenvalue weighted by Crippen LogP contribution is 2.44. The maximum atomic E-state index is 13.0. The number of carbonyl (C=O) groups is 2. The number of hydrogen-bond acceptors (Lipinski definition) is 5. The lowest BCUT2D eigenvalue weighted by Gasteiger charge is -2.33. The summed E-state index contributed by atoms with van der Waals surface area (Å²) in [6, 6.07) is 6.66. The van der Waals surface area contributed by atoms with E-state index < -0.39 is 12.0 Å². The standard InChI is InChI=1S/C20H23ClN2O3S/c1-5-15-18(24)23-17(13-6-8-14(21)9-7-13)16(12(4)22-20(23)27-15)19(25)26-10-11(2)3/h6-9,11,15,17H,5,10H2,1-4H3/t15-,17-/m0/s1. The molecule has 3 rings (SSSR count). The van der Waals surface area contributed by atoms with Crippen LogP contribution in [0.1, 0.15) is 45.7 Å². The van der Waals surface area contributed by atoms with Crippen LogP contribution in [0.25, 0.3) is 0 Å². The molecule has 1 saturated heterocycles. The van der Waals surface area contributed by atoms with Gasteiger partial charge in [-0.25, -0.2) is 9.79 Å². The SMILES string of the molecule is CC[C@@H]1SC2=NC(C)=C(C(=O)OCC(C)C)[C@H](c3ccc(Cl)cc3)N2C1=O. The molecule has 2 atom stereocenters. The van der Waals surface area contributed by atoms with Crippen LogP contribution in [0.3, 0.4) is 0 Å². The number of carbonyl (C=O) groups excluding carboxylic acids is 2. The molecule has 0 aliphatic carbocycles. The average molecular weight is 407 g/mol. The average Bonchev–Trinajstić information content (AvgIpc) is 2.94. The number of esters is 1. The third kappa shape index (κ3) is 3.92. The normalized spacial score (nSPS) is 22.2. The van der Waals surface area contributed by atoms with E-state index in [1.165, 1.54) is 11.8 Å². The van der Waals surface area contributed by atoms with Crippen LogP contribution >= 0.6 is 23.4 Å². The number of thioether (sulfide) groups is 1. The Balaban J connectivity index is 2.06. The number of aliphatic imine (C=N–C) groups is 1. The molecule has 2 aliphatic heterocycles. The highest BCUT2D eigenvalue weighted by molar-refractivity contribution is 8.15. The topological polar surface area (TPSA) is 59.0 Å². The molecule has 2 heterocycles. The second-order valence-corrected chi connectivity index (χ2v) is 8.67. The highest BCUT2D eigenvalue weighted by atomic mass is 35.5. The van der Waals surface area contributed by atoms with Crippen LogP contribution < -0.4 is 0 Å². The van der Waals surface area contributed by atoms with Crippen LogP contribution in [0.2, 0.25) is 5.02 Å². The van der Waals surface area contributed by atoms with Gasteiger partial charge in [-0.15, -0.1) is 0 Å². The lowest BCUT2D eigenvalue weighted by atomic mass is 9.94. The van der Waals surface area contributed by atoms with E-state index in [2.05, 4.69) is 4.99 Å². The molecule has 144 valence electrons. The minimum atomic E-state index is -0.550. The summed E-state index contributed by atoms with van der Waals surface area (Å²) in [6.07, 6.45) is 0.707. The lowest BCUT2D eigenvalue weighted by molar-refractivity contribution is -0.141. The minimum absolute atomic E-state index is 0.0251. The van der Waals surface area contributed by atoms with Crippen molar-refractivity contribution in [1.82, 2.24) is 4.90 Å². The number of nitrogens with zero attached hydrogens (tertiary/aromatic N) is 2. The molecule has 0 aromatic heterocycles. The first-order valence-corrected chi connectivity index (χ1v) is 10.3. The molecule has 1 fully saturated rings. The number of amidine groups is 1. The van der Waals surface area contributed by atoms with Gasteiger partial charge in [0.05, 0.1) is 29.2 Å². The van der Waals surface area contributed by atoms with Crippen molar-refractivity contribution in [3.63, 3.8) is 0 Å². The molecule has 0 bridgehead atoms. The molecule has 0 radical (unpaired) electrons. The first-order chi connectivity index (χ1) is 12.8. The Labute approximate surface area is 168 Å². The van der Waals surface area contributed by atoms with Gasteiger partial charge in [-0.05, 0) is 37.0 Å². The largest absolute Gasteiger partial charge is 0.462 e. The maximum absolute atomic E-state index is 13.0. The van der Waals surface area contributed by atoms with Gasteiger partial charge in [0, 0.05) is 5.02 Å². The summed E-state index contributed by atoms with van der Waals surface area (Å²) < 4.78 is 5.49. The van der Waals surface area contributed by atoms with Crippen molar-refractivity contribution < 1.29 is 14.3 Å². The second-order valence-electron chi connectivity index (χ2n) is 7.06. The smallest absolute Gasteiger partial charge is 0.338 e. The van der Waals surface area contributed by atoms with Crippen molar-refractivity contribution in [3.8, 4) is 0 Å². The fraction of sp³-hybridized carbons (Fsp3) is 0.450. The van der Waals surface area contributed by atoms with E-state index in [1.807, 2.05) is 32.9 Å². The van der Waals surface area contributed by atoms with Crippen LogP contribution in [-0.4, -0.2) is 33.8 Å². The number of fused-ring (bicyclic) bond motifs is 1. The number of allylic oxidation sites excluding steroid dienone is 1. The Morgan fingerprint density at radius 3 is 2.59 bits per heavy atom. The minimum Gasteiger partial charge on any atom is -0.462 e. The van der Waals surface area contributed by atoms with Gasteiger partial charge in [-0.1, -0.05) is 56.3 Å². The zero-order valence-electron chi connectivity index (χ0n) is 15.9. The predicted molar refractivity (Wildman–Crippen MR) is 109 cm³/mol. The Bertz CT molecular complexity index is 817. The molecule has 1 aromatic rings. The number of benzene rings is 1. The number of amides is 1. The van der Waals surface area contributed by atoms with Crippen molar-refractivity contribution in [3.05, 3.63) is 46.1 Å². The molecule has 0 saturated carbocycles. The highest BCUT2D eigenvalue weighted by Gasteiger charge is 2.47. The predicted octanol–water partition coefficient (Wildman–Crippen LogP) is 4.58. The van der Waals surface area contributed by atoms with Crippen LogP contribution in [0, 0.1) is 5.92 Å². The first-order valence-electron chi connectivity index (χ1n) is 9.05. The zero-order valence-corrected chi connectivity index (χ0v) is 17.4. The van der Waals surface area contributed by atoms with Crippen LogP contribution in [0.15, 0.2) is 40.5 Å². The number of ether oxygens (including phenoxy) is 1. The molecule has 1 amide bonds.